The van der Waals surface area contributed by atoms with Gasteiger partial charge in [0.15, 0.2) is 0 Å². The normalized spacial score (nSPS) is 19.1. The predicted molar refractivity (Wildman–Crippen MR) is 66.2 cm³/mol. The third-order valence-corrected chi connectivity index (χ3v) is 3.59. The average Bonchev–Trinajstić information content (AvgIpc) is 3.17. The highest BCUT2D eigenvalue weighted by molar-refractivity contribution is 5.58. The molecule has 17 heavy (non-hydrogen) atoms. The van der Waals surface area contributed by atoms with Gasteiger partial charge in [0.05, 0.1) is 17.4 Å². The summed E-state index contributed by atoms with van der Waals surface area (Å²) in [5.74, 6) is 2.27. The van der Waals surface area contributed by atoms with Crippen molar-refractivity contribution in [2.45, 2.75) is 31.7 Å². The number of aromatic nitrogens is 1. The van der Waals surface area contributed by atoms with Crippen molar-refractivity contribution in [2.75, 3.05) is 11.1 Å². The molecule has 4 nitrogen and oxygen atoms in total. The molecule has 0 aromatic carbocycles. The molecule has 2 saturated carbocycles. The van der Waals surface area contributed by atoms with Crippen molar-refractivity contribution in [1.82, 2.24) is 4.98 Å². The Morgan fingerprint density at radius 2 is 2.00 bits per heavy atom. The molecular formula is C13H16N4. The molecule has 0 spiro atoms. The highest BCUT2D eigenvalue weighted by atomic mass is 15.0. The molecule has 1 aromatic heterocycles. The zero-order valence-corrected chi connectivity index (χ0v) is 9.69. The van der Waals surface area contributed by atoms with E-state index in [-0.39, 0.29) is 0 Å². The molecule has 0 amide bonds. The van der Waals surface area contributed by atoms with Gasteiger partial charge in [-0.2, -0.15) is 5.26 Å². The fourth-order valence-corrected chi connectivity index (χ4v) is 2.37. The van der Waals surface area contributed by atoms with Gasteiger partial charge in [-0.3, -0.25) is 0 Å². The molecule has 2 fully saturated rings. The van der Waals surface area contributed by atoms with Crippen LogP contribution >= 0.6 is 0 Å². The smallest absolute Gasteiger partial charge is 0.144 e. The maximum absolute atomic E-state index is 9.08. The van der Waals surface area contributed by atoms with E-state index in [1.165, 1.54) is 25.7 Å². The van der Waals surface area contributed by atoms with Crippen molar-refractivity contribution in [3.63, 3.8) is 0 Å². The first-order valence-corrected chi connectivity index (χ1v) is 6.20. The number of hydrogen-bond acceptors (Lipinski definition) is 4. The quantitative estimate of drug-likeness (QED) is 0.827. The van der Waals surface area contributed by atoms with Crippen LogP contribution in [0.3, 0.4) is 0 Å². The number of nitrogens with one attached hydrogen (secondary N) is 1. The Morgan fingerprint density at radius 1 is 1.35 bits per heavy atom. The van der Waals surface area contributed by atoms with Crippen molar-refractivity contribution in [1.29, 1.82) is 5.26 Å². The second kappa shape index (κ2) is 3.92. The number of nitrogens with two attached hydrogens (primary N) is 1. The van der Waals surface area contributed by atoms with Gasteiger partial charge in [0, 0.05) is 6.04 Å². The topological polar surface area (TPSA) is 74.7 Å². The third kappa shape index (κ3) is 2.19. The summed E-state index contributed by atoms with van der Waals surface area (Å²) < 4.78 is 0. The van der Waals surface area contributed by atoms with E-state index in [1.807, 2.05) is 0 Å². The summed E-state index contributed by atoms with van der Waals surface area (Å²) in [6.45, 7) is 0. The molecule has 0 bridgehead atoms. The van der Waals surface area contributed by atoms with E-state index in [1.54, 1.807) is 12.3 Å². The van der Waals surface area contributed by atoms with E-state index >= 15 is 0 Å². The van der Waals surface area contributed by atoms with Crippen LogP contribution in [0.2, 0.25) is 0 Å². The van der Waals surface area contributed by atoms with E-state index < -0.39 is 0 Å². The van der Waals surface area contributed by atoms with Crippen LogP contribution in [-0.2, 0) is 0 Å². The first-order valence-electron chi connectivity index (χ1n) is 6.20. The molecule has 4 heteroatoms. The highest BCUT2D eigenvalue weighted by Gasteiger charge is 2.41. The Kier molecular flexibility index (Phi) is 2.40. The van der Waals surface area contributed by atoms with Gasteiger partial charge in [-0.05, 0) is 43.6 Å². The molecule has 88 valence electrons. The van der Waals surface area contributed by atoms with E-state index in [2.05, 4.69) is 16.4 Å². The maximum Gasteiger partial charge on any atom is 0.144 e. The van der Waals surface area contributed by atoms with Gasteiger partial charge in [-0.15, -0.1) is 0 Å². The van der Waals surface area contributed by atoms with Crippen molar-refractivity contribution in [3.8, 4) is 6.07 Å². The Bertz CT molecular complexity index is 457. The lowest BCUT2D eigenvalue weighted by molar-refractivity contribution is 0.565. The van der Waals surface area contributed by atoms with Crippen LogP contribution in [0.1, 0.15) is 31.2 Å². The van der Waals surface area contributed by atoms with Crippen molar-refractivity contribution < 1.29 is 0 Å². The summed E-state index contributed by atoms with van der Waals surface area (Å²) >= 11 is 0. The minimum absolute atomic E-state index is 0.512. The SMILES string of the molecule is N#Cc1cc(N)cnc1NC(C1CC1)C1CC1. The number of nitriles is 1. The van der Waals surface area contributed by atoms with Crippen LogP contribution in [0.4, 0.5) is 11.5 Å². The van der Waals surface area contributed by atoms with Crippen LogP contribution in [0.15, 0.2) is 12.3 Å². The summed E-state index contributed by atoms with van der Waals surface area (Å²) in [5.41, 5.74) is 6.73. The van der Waals surface area contributed by atoms with Crippen LogP contribution in [0, 0.1) is 23.2 Å². The van der Waals surface area contributed by atoms with Crippen molar-refractivity contribution in [3.05, 3.63) is 17.8 Å². The molecule has 3 rings (SSSR count). The minimum Gasteiger partial charge on any atom is -0.397 e. The first kappa shape index (κ1) is 10.4. The molecular weight excluding hydrogens is 212 g/mol. The Labute approximate surface area is 101 Å². The monoisotopic (exact) mass is 228 g/mol. The molecule has 2 aliphatic carbocycles. The molecule has 0 atom stereocenters. The van der Waals surface area contributed by atoms with Crippen LogP contribution in [-0.4, -0.2) is 11.0 Å². The first-order chi connectivity index (χ1) is 8.28. The highest BCUT2D eigenvalue weighted by Crippen LogP contribution is 2.45. The summed E-state index contributed by atoms with van der Waals surface area (Å²) in [6.07, 6.45) is 6.85. The van der Waals surface area contributed by atoms with Gasteiger partial charge in [0.2, 0.25) is 0 Å². The number of hydrogen-bond donors (Lipinski definition) is 2. The zero-order chi connectivity index (χ0) is 11.8. The fourth-order valence-electron chi connectivity index (χ4n) is 2.37. The Morgan fingerprint density at radius 3 is 2.53 bits per heavy atom. The fraction of sp³-hybridized carbons (Fsp3) is 0.538. The Balaban J connectivity index is 1.81. The lowest BCUT2D eigenvalue weighted by atomic mass is 10.1. The third-order valence-electron chi connectivity index (χ3n) is 3.59. The molecule has 0 radical (unpaired) electrons. The van der Waals surface area contributed by atoms with E-state index in [4.69, 9.17) is 11.0 Å². The lowest BCUT2D eigenvalue weighted by Crippen LogP contribution is -2.25. The van der Waals surface area contributed by atoms with Crippen LogP contribution < -0.4 is 11.1 Å². The van der Waals surface area contributed by atoms with Gasteiger partial charge in [0.25, 0.3) is 0 Å². The summed E-state index contributed by atoms with van der Waals surface area (Å²) in [7, 11) is 0. The van der Waals surface area contributed by atoms with E-state index in [0.29, 0.717) is 23.1 Å². The molecule has 0 unspecified atom stereocenters. The van der Waals surface area contributed by atoms with E-state index in [9.17, 15) is 0 Å². The van der Waals surface area contributed by atoms with Gasteiger partial charge >= 0.3 is 0 Å². The molecule has 2 aliphatic rings. The van der Waals surface area contributed by atoms with Gasteiger partial charge < -0.3 is 11.1 Å². The van der Waals surface area contributed by atoms with Crippen LogP contribution in [0.5, 0.6) is 0 Å². The second-order valence-electron chi connectivity index (χ2n) is 5.12. The largest absolute Gasteiger partial charge is 0.397 e. The van der Waals surface area contributed by atoms with Gasteiger partial charge in [-0.1, -0.05) is 0 Å². The summed E-state index contributed by atoms with van der Waals surface area (Å²) in [5, 5.41) is 12.5. The summed E-state index contributed by atoms with van der Waals surface area (Å²) in [6, 6.07) is 4.35. The molecule has 3 N–H and O–H groups in total. The van der Waals surface area contributed by atoms with Crippen molar-refractivity contribution in [2.24, 2.45) is 11.8 Å². The zero-order valence-electron chi connectivity index (χ0n) is 9.69. The van der Waals surface area contributed by atoms with E-state index in [0.717, 1.165) is 11.8 Å². The van der Waals surface area contributed by atoms with Gasteiger partial charge in [0.1, 0.15) is 11.9 Å². The maximum atomic E-state index is 9.08. The number of rotatable bonds is 4. The number of pyridine rings is 1. The standard InChI is InChI=1S/C13H16N4/c14-6-10-5-11(15)7-16-13(10)17-12(8-1-2-8)9-3-4-9/h5,7-9,12H,1-4,15H2,(H,16,17). The number of anilines is 2. The lowest BCUT2D eigenvalue weighted by Gasteiger charge is -2.19. The summed E-state index contributed by atoms with van der Waals surface area (Å²) in [4.78, 5) is 4.25. The average molecular weight is 228 g/mol. The number of nitrogen functional groups attached to an aromatic ring is 1. The van der Waals surface area contributed by atoms with Crippen LogP contribution in [0.25, 0.3) is 0 Å². The Hall–Kier alpha value is -1.76. The minimum atomic E-state index is 0.512. The molecule has 0 aliphatic heterocycles. The van der Waals surface area contributed by atoms with Gasteiger partial charge in [-0.25, -0.2) is 4.98 Å². The molecule has 1 aromatic rings. The predicted octanol–water partition coefficient (Wildman–Crippen LogP) is 2.14. The number of nitrogens with zero attached hydrogens (tertiary/aromatic N) is 2. The second-order valence-corrected chi connectivity index (χ2v) is 5.12. The molecule has 0 saturated heterocycles. The molecule has 1 heterocycles. The van der Waals surface area contributed by atoms with Crippen molar-refractivity contribution >= 4 is 11.5 Å².